The first-order valence-electron chi connectivity index (χ1n) is 11.7. The van der Waals surface area contributed by atoms with Crippen LogP contribution in [0.2, 0.25) is 0 Å². The van der Waals surface area contributed by atoms with Crippen molar-refractivity contribution >= 4 is 17.7 Å². The molecule has 3 fully saturated rings. The highest BCUT2D eigenvalue weighted by molar-refractivity contribution is 5.95. The molecule has 3 amide bonds. The smallest absolute Gasteiger partial charge is 0.273 e. The van der Waals surface area contributed by atoms with Crippen LogP contribution in [0.5, 0.6) is 0 Å². The lowest BCUT2D eigenvalue weighted by molar-refractivity contribution is -0.131. The third-order valence-corrected chi connectivity index (χ3v) is 6.29. The van der Waals surface area contributed by atoms with E-state index in [0.717, 1.165) is 25.1 Å². The van der Waals surface area contributed by atoms with Gasteiger partial charge in [0, 0.05) is 51.4 Å². The van der Waals surface area contributed by atoms with Crippen LogP contribution < -0.4 is 0 Å². The number of ether oxygens (including phenoxy) is 1. The minimum Gasteiger partial charge on any atom is -0.374 e. The van der Waals surface area contributed by atoms with Crippen LogP contribution in [0.4, 0.5) is 0 Å². The van der Waals surface area contributed by atoms with Gasteiger partial charge in [-0.05, 0) is 51.5 Å². The lowest BCUT2D eigenvalue weighted by Crippen LogP contribution is -2.40. The van der Waals surface area contributed by atoms with Gasteiger partial charge in [-0.3, -0.25) is 14.4 Å². The topological polar surface area (TPSA) is 95.9 Å². The molecule has 2 saturated heterocycles. The number of aryl methyl sites for hydroxylation is 2. The van der Waals surface area contributed by atoms with E-state index in [0.29, 0.717) is 56.6 Å². The second-order valence-electron chi connectivity index (χ2n) is 9.20. The molecule has 1 aromatic rings. The largest absolute Gasteiger partial charge is 0.374 e. The van der Waals surface area contributed by atoms with Crippen LogP contribution in [0.3, 0.4) is 0 Å². The van der Waals surface area contributed by atoms with E-state index in [1.807, 2.05) is 11.8 Å². The molecule has 9 heteroatoms. The number of nitrogens with zero attached hydrogens (tertiary/aromatic N) is 5. The second-order valence-corrected chi connectivity index (χ2v) is 9.20. The summed E-state index contributed by atoms with van der Waals surface area (Å²) in [5.74, 6) is 0.974. The van der Waals surface area contributed by atoms with Gasteiger partial charge in [0.1, 0.15) is 18.1 Å². The van der Waals surface area contributed by atoms with Gasteiger partial charge in [0.25, 0.3) is 5.91 Å². The molecule has 174 valence electrons. The Balaban J connectivity index is 1.42. The first-order valence-corrected chi connectivity index (χ1v) is 11.7. The quantitative estimate of drug-likeness (QED) is 0.599. The van der Waals surface area contributed by atoms with Gasteiger partial charge in [-0.2, -0.15) is 0 Å². The van der Waals surface area contributed by atoms with Crippen LogP contribution >= 0.6 is 0 Å². The molecular formula is C23H33N5O4. The molecule has 3 aliphatic rings. The normalized spacial score (nSPS) is 21.9. The third kappa shape index (κ3) is 5.82. The number of carbonyl (C=O) groups is 3. The summed E-state index contributed by atoms with van der Waals surface area (Å²) in [6.45, 7) is 7.11. The number of hydrogen-bond donors (Lipinski definition) is 0. The predicted octanol–water partition coefficient (Wildman–Crippen LogP) is 1.19. The molecule has 1 saturated carbocycles. The molecule has 1 aliphatic carbocycles. The van der Waals surface area contributed by atoms with Crippen LogP contribution in [-0.2, 0) is 14.3 Å². The van der Waals surface area contributed by atoms with Crippen molar-refractivity contribution in [1.82, 2.24) is 24.7 Å². The van der Waals surface area contributed by atoms with E-state index >= 15 is 0 Å². The van der Waals surface area contributed by atoms with Crippen LogP contribution in [0.25, 0.3) is 0 Å². The van der Waals surface area contributed by atoms with Crippen LogP contribution in [0.15, 0.2) is 6.07 Å². The van der Waals surface area contributed by atoms with Gasteiger partial charge in [-0.25, -0.2) is 9.97 Å². The lowest BCUT2D eigenvalue weighted by atomic mass is 10.2. The zero-order valence-corrected chi connectivity index (χ0v) is 19.1. The maximum atomic E-state index is 13.2. The summed E-state index contributed by atoms with van der Waals surface area (Å²) >= 11 is 0. The molecule has 0 aromatic carbocycles. The van der Waals surface area contributed by atoms with Gasteiger partial charge in [-0.1, -0.05) is 0 Å². The number of rotatable bonds is 8. The van der Waals surface area contributed by atoms with Gasteiger partial charge in [0.05, 0.1) is 6.10 Å². The molecule has 2 aliphatic heterocycles. The SMILES string of the molecule is Cc1cc(C(=O)N2CC(=O)N(CCCN3CCCC3=O)CC(OCC3CC3)C2)nc(C)n1. The minimum atomic E-state index is -0.267. The fourth-order valence-corrected chi connectivity index (χ4v) is 4.39. The summed E-state index contributed by atoms with van der Waals surface area (Å²) < 4.78 is 6.14. The standard InChI is InChI=1S/C23H33N5O4/c1-16-11-20(25-17(2)24-16)23(31)28-13-19(32-15-18-6-7-18)12-27(22(30)14-28)10-4-9-26-8-3-5-21(26)29/h11,18-19H,3-10,12-15H2,1-2H3. The molecule has 1 unspecified atom stereocenters. The van der Waals surface area contributed by atoms with Gasteiger partial charge < -0.3 is 19.4 Å². The summed E-state index contributed by atoms with van der Waals surface area (Å²) in [5, 5.41) is 0. The van der Waals surface area contributed by atoms with E-state index < -0.39 is 0 Å². The summed E-state index contributed by atoms with van der Waals surface area (Å²) in [6, 6.07) is 1.66. The van der Waals surface area contributed by atoms with Crippen molar-refractivity contribution in [3.63, 3.8) is 0 Å². The van der Waals surface area contributed by atoms with Gasteiger partial charge >= 0.3 is 0 Å². The molecule has 4 rings (SSSR count). The van der Waals surface area contributed by atoms with Crippen molar-refractivity contribution in [2.75, 3.05) is 45.9 Å². The van der Waals surface area contributed by atoms with Gasteiger partial charge in [0.2, 0.25) is 11.8 Å². The molecule has 0 N–H and O–H groups in total. The Bertz CT molecular complexity index is 852. The molecule has 1 atom stereocenters. The average Bonchev–Trinajstić information content (AvgIpc) is 3.51. The molecule has 0 spiro atoms. The number of aromatic nitrogens is 2. The first kappa shape index (κ1) is 22.6. The highest BCUT2D eigenvalue weighted by atomic mass is 16.5. The zero-order chi connectivity index (χ0) is 22.7. The molecule has 9 nitrogen and oxygen atoms in total. The maximum Gasteiger partial charge on any atom is 0.273 e. The highest BCUT2D eigenvalue weighted by Gasteiger charge is 2.33. The second kappa shape index (κ2) is 9.94. The molecule has 0 bridgehead atoms. The fraction of sp³-hybridized carbons (Fsp3) is 0.696. The minimum absolute atomic E-state index is 0.00681. The Morgan fingerprint density at radius 2 is 1.88 bits per heavy atom. The Labute approximate surface area is 189 Å². The van der Waals surface area contributed by atoms with E-state index in [-0.39, 0.29) is 30.4 Å². The number of carbonyl (C=O) groups excluding carboxylic acids is 3. The number of likely N-dealkylation sites (tertiary alicyclic amines) is 1. The molecule has 32 heavy (non-hydrogen) atoms. The third-order valence-electron chi connectivity index (χ3n) is 6.29. The van der Waals surface area contributed by atoms with Crippen LogP contribution in [-0.4, -0.2) is 94.4 Å². The van der Waals surface area contributed by atoms with Crippen LogP contribution in [0.1, 0.15) is 54.1 Å². The number of hydrogen-bond acceptors (Lipinski definition) is 6. The van der Waals surface area contributed by atoms with Gasteiger partial charge in [-0.15, -0.1) is 0 Å². The van der Waals surface area contributed by atoms with E-state index in [1.165, 1.54) is 12.8 Å². The fourth-order valence-electron chi connectivity index (χ4n) is 4.39. The molecule has 1 aromatic heterocycles. The van der Waals surface area contributed by atoms with Crippen molar-refractivity contribution in [3.05, 3.63) is 23.3 Å². The Kier molecular flexibility index (Phi) is 7.03. The lowest BCUT2D eigenvalue weighted by Gasteiger charge is -2.25. The van der Waals surface area contributed by atoms with Crippen molar-refractivity contribution in [3.8, 4) is 0 Å². The van der Waals surface area contributed by atoms with Crippen molar-refractivity contribution in [1.29, 1.82) is 0 Å². The predicted molar refractivity (Wildman–Crippen MR) is 117 cm³/mol. The Morgan fingerprint density at radius 1 is 1.09 bits per heavy atom. The zero-order valence-electron chi connectivity index (χ0n) is 19.1. The summed E-state index contributed by atoms with van der Waals surface area (Å²) in [7, 11) is 0. The first-order chi connectivity index (χ1) is 15.4. The monoisotopic (exact) mass is 443 g/mol. The summed E-state index contributed by atoms with van der Waals surface area (Å²) in [5.41, 5.74) is 1.03. The molecule has 3 heterocycles. The highest BCUT2D eigenvalue weighted by Crippen LogP contribution is 2.29. The van der Waals surface area contributed by atoms with Crippen LogP contribution in [0, 0.1) is 19.8 Å². The van der Waals surface area contributed by atoms with Crippen molar-refractivity contribution < 1.29 is 19.1 Å². The Morgan fingerprint density at radius 3 is 2.56 bits per heavy atom. The maximum absolute atomic E-state index is 13.2. The van der Waals surface area contributed by atoms with Crippen molar-refractivity contribution in [2.24, 2.45) is 5.92 Å². The van der Waals surface area contributed by atoms with E-state index in [4.69, 9.17) is 4.74 Å². The van der Waals surface area contributed by atoms with E-state index in [9.17, 15) is 14.4 Å². The molecule has 0 radical (unpaired) electrons. The van der Waals surface area contributed by atoms with Crippen molar-refractivity contribution in [2.45, 2.75) is 52.1 Å². The number of amides is 3. The Hall–Kier alpha value is -2.55. The van der Waals surface area contributed by atoms with E-state index in [2.05, 4.69) is 9.97 Å². The van der Waals surface area contributed by atoms with E-state index in [1.54, 1.807) is 22.8 Å². The summed E-state index contributed by atoms with van der Waals surface area (Å²) in [4.78, 5) is 51.9. The van der Waals surface area contributed by atoms with Gasteiger partial charge in [0.15, 0.2) is 0 Å². The molecular weight excluding hydrogens is 410 g/mol. The summed E-state index contributed by atoms with van der Waals surface area (Å²) in [6.07, 6.45) is 4.40. The average molecular weight is 444 g/mol.